The fraction of sp³-hybridized carbons (Fsp3) is 0.529. The molecule has 0 aliphatic carbocycles. The lowest BCUT2D eigenvalue weighted by Gasteiger charge is -2.32. The number of nitrogens with zero attached hydrogens (tertiary/aromatic N) is 1. The first kappa shape index (κ1) is 16.3. The van der Waals surface area contributed by atoms with Gasteiger partial charge in [0.25, 0.3) is 0 Å². The molecule has 1 N–H and O–H groups in total. The van der Waals surface area contributed by atoms with Crippen LogP contribution in [0.3, 0.4) is 0 Å². The van der Waals surface area contributed by atoms with Crippen molar-refractivity contribution in [1.29, 1.82) is 0 Å². The van der Waals surface area contributed by atoms with E-state index in [-0.39, 0.29) is 24.6 Å². The summed E-state index contributed by atoms with van der Waals surface area (Å²) in [5.41, 5.74) is 0.973. The number of nitrogens with one attached hydrogen (secondary N) is 1. The van der Waals surface area contributed by atoms with Crippen LogP contribution < -0.4 is 5.32 Å². The van der Waals surface area contributed by atoms with Gasteiger partial charge >= 0.3 is 6.09 Å². The van der Waals surface area contributed by atoms with Crippen molar-refractivity contribution < 1.29 is 14.3 Å². The molecule has 0 aromatic heterocycles. The van der Waals surface area contributed by atoms with Crippen LogP contribution in [-0.4, -0.2) is 36.0 Å². The van der Waals surface area contributed by atoms with Crippen LogP contribution in [0.2, 0.25) is 0 Å². The molecule has 1 aromatic carbocycles. The molecule has 0 radical (unpaired) electrons. The van der Waals surface area contributed by atoms with Crippen molar-refractivity contribution in [2.45, 2.75) is 45.3 Å². The molecule has 1 atom stereocenters. The molecule has 5 heteroatoms. The molecule has 5 nitrogen and oxygen atoms in total. The first-order valence-electron chi connectivity index (χ1n) is 7.94. The summed E-state index contributed by atoms with van der Waals surface area (Å²) in [6.07, 6.45) is 2.87. The van der Waals surface area contributed by atoms with Crippen molar-refractivity contribution in [2.24, 2.45) is 0 Å². The summed E-state index contributed by atoms with van der Waals surface area (Å²) in [4.78, 5) is 25.5. The summed E-state index contributed by atoms with van der Waals surface area (Å²) in [6, 6.07) is 9.66. The van der Waals surface area contributed by atoms with Crippen LogP contribution in [0.1, 0.15) is 38.2 Å². The third-order valence-corrected chi connectivity index (χ3v) is 3.73. The Morgan fingerprint density at radius 1 is 1.32 bits per heavy atom. The van der Waals surface area contributed by atoms with Gasteiger partial charge in [-0.05, 0) is 24.8 Å². The number of amides is 2. The minimum absolute atomic E-state index is 0.0390. The Kier molecular flexibility index (Phi) is 6.25. The smallest absolute Gasteiger partial charge is 0.410 e. The molecular formula is C17H24N2O3. The summed E-state index contributed by atoms with van der Waals surface area (Å²) >= 11 is 0. The van der Waals surface area contributed by atoms with Gasteiger partial charge in [-0.1, -0.05) is 37.3 Å². The van der Waals surface area contributed by atoms with Crippen LogP contribution in [-0.2, 0) is 16.1 Å². The second-order valence-electron chi connectivity index (χ2n) is 5.64. The van der Waals surface area contributed by atoms with Crippen molar-refractivity contribution in [2.75, 3.05) is 13.1 Å². The van der Waals surface area contributed by atoms with E-state index in [0.717, 1.165) is 24.8 Å². The summed E-state index contributed by atoms with van der Waals surface area (Å²) in [7, 11) is 0. The molecule has 1 aliphatic heterocycles. The number of carbonyl (C=O) groups excluding carboxylic acids is 2. The van der Waals surface area contributed by atoms with Gasteiger partial charge in [0, 0.05) is 25.6 Å². The number of carbonyl (C=O) groups is 2. The number of likely N-dealkylation sites (tertiary alicyclic amines) is 1. The lowest BCUT2D eigenvalue weighted by atomic mass is 10.1. The topological polar surface area (TPSA) is 58.6 Å². The number of benzene rings is 1. The molecule has 22 heavy (non-hydrogen) atoms. The average molecular weight is 304 g/mol. The molecule has 1 saturated heterocycles. The zero-order valence-corrected chi connectivity index (χ0v) is 13.1. The Hall–Kier alpha value is -2.04. The normalized spacial score (nSPS) is 17.9. The number of hydrogen-bond acceptors (Lipinski definition) is 3. The molecule has 0 bridgehead atoms. The van der Waals surface area contributed by atoms with E-state index in [2.05, 4.69) is 5.32 Å². The maximum Gasteiger partial charge on any atom is 0.410 e. The van der Waals surface area contributed by atoms with Crippen LogP contribution in [0.15, 0.2) is 30.3 Å². The van der Waals surface area contributed by atoms with E-state index in [1.54, 1.807) is 4.90 Å². The highest BCUT2D eigenvalue weighted by molar-refractivity contribution is 5.76. The van der Waals surface area contributed by atoms with E-state index in [9.17, 15) is 9.59 Å². The highest BCUT2D eigenvalue weighted by Gasteiger charge is 2.25. The molecule has 2 rings (SSSR count). The molecule has 0 spiro atoms. The van der Waals surface area contributed by atoms with Crippen molar-refractivity contribution >= 4 is 12.0 Å². The first-order valence-corrected chi connectivity index (χ1v) is 7.94. The van der Waals surface area contributed by atoms with Crippen molar-refractivity contribution in [3.63, 3.8) is 0 Å². The van der Waals surface area contributed by atoms with E-state index in [1.165, 1.54) is 0 Å². The first-order chi connectivity index (χ1) is 10.7. The van der Waals surface area contributed by atoms with Gasteiger partial charge in [-0.15, -0.1) is 0 Å². The maximum absolute atomic E-state index is 12.1. The SMILES string of the molecule is CCCC(=O)NC1CCCN(C(=O)OCc2ccccc2)C1. The molecule has 1 aliphatic rings. The fourth-order valence-corrected chi connectivity index (χ4v) is 2.60. The number of rotatable bonds is 5. The maximum atomic E-state index is 12.1. The van der Waals surface area contributed by atoms with Gasteiger partial charge in [0.05, 0.1) is 0 Å². The minimum Gasteiger partial charge on any atom is -0.445 e. The summed E-state index contributed by atoms with van der Waals surface area (Å²) in [5, 5.41) is 2.99. The molecule has 120 valence electrons. The van der Waals surface area contributed by atoms with E-state index >= 15 is 0 Å². The van der Waals surface area contributed by atoms with Crippen LogP contribution in [0, 0.1) is 0 Å². The Balaban J connectivity index is 1.78. The highest BCUT2D eigenvalue weighted by Crippen LogP contribution is 2.12. The Bertz CT molecular complexity index is 490. The summed E-state index contributed by atoms with van der Waals surface area (Å²) in [5.74, 6) is 0.0620. The predicted octanol–water partition coefficient (Wildman–Crippen LogP) is 2.70. The van der Waals surface area contributed by atoms with Crippen molar-refractivity contribution in [3.8, 4) is 0 Å². The third kappa shape index (κ3) is 5.06. The van der Waals surface area contributed by atoms with Gasteiger partial charge in [0.15, 0.2) is 0 Å². The highest BCUT2D eigenvalue weighted by atomic mass is 16.6. The predicted molar refractivity (Wildman–Crippen MR) is 84.3 cm³/mol. The van der Waals surface area contributed by atoms with Gasteiger partial charge in [0.1, 0.15) is 6.61 Å². The molecule has 1 fully saturated rings. The largest absolute Gasteiger partial charge is 0.445 e. The molecule has 2 amide bonds. The quantitative estimate of drug-likeness (QED) is 0.910. The van der Waals surface area contributed by atoms with E-state index < -0.39 is 0 Å². The Labute approximate surface area is 131 Å². The number of hydrogen-bond donors (Lipinski definition) is 1. The second kappa shape index (κ2) is 8.41. The van der Waals surface area contributed by atoms with Crippen molar-refractivity contribution in [3.05, 3.63) is 35.9 Å². The Morgan fingerprint density at radius 3 is 2.82 bits per heavy atom. The lowest BCUT2D eigenvalue weighted by Crippen LogP contribution is -2.49. The van der Waals surface area contributed by atoms with Crippen LogP contribution in [0.4, 0.5) is 4.79 Å². The van der Waals surface area contributed by atoms with Gasteiger partial charge in [-0.2, -0.15) is 0 Å². The van der Waals surface area contributed by atoms with Gasteiger partial charge in [-0.25, -0.2) is 4.79 Å². The zero-order valence-electron chi connectivity index (χ0n) is 13.1. The minimum atomic E-state index is -0.307. The van der Waals surface area contributed by atoms with Crippen LogP contribution in [0.5, 0.6) is 0 Å². The van der Waals surface area contributed by atoms with Crippen LogP contribution >= 0.6 is 0 Å². The average Bonchev–Trinajstić information content (AvgIpc) is 2.54. The molecule has 1 aromatic rings. The summed E-state index contributed by atoms with van der Waals surface area (Å²) < 4.78 is 5.34. The molecule has 1 heterocycles. The Morgan fingerprint density at radius 2 is 2.09 bits per heavy atom. The summed E-state index contributed by atoms with van der Waals surface area (Å²) in [6.45, 7) is 3.48. The van der Waals surface area contributed by atoms with Gasteiger partial charge < -0.3 is 15.0 Å². The molecular weight excluding hydrogens is 280 g/mol. The van der Waals surface area contributed by atoms with Crippen LogP contribution in [0.25, 0.3) is 0 Å². The lowest BCUT2D eigenvalue weighted by molar-refractivity contribution is -0.122. The van der Waals surface area contributed by atoms with E-state index in [4.69, 9.17) is 4.74 Å². The number of piperidine rings is 1. The third-order valence-electron chi connectivity index (χ3n) is 3.73. The number of ether oxygens (including phenoxy) is 1. The standard InChI is InChI=1S/C17H24N2O3/c1-2-7-16(20)18-15-10-6-11-19(12-15)17(21)22-13-14-8-4-3-5-9-14/h3-5,8-9,15H,2,6-7,10-13H2,1H3,(H,18,20). The van der Waals surface area contributed by atoms with E-state index in [0.29, 0.717) is 19.5 Å². The second-order valence-corrected chi connectivity index (χ2v) is 5.64. The molecule has 1 unspecified atom stereocenters. The van der Waals surface area contributed by atoms with Gasteiger partial charge in [0.2, 0.25) is 5.91 Å². The van der Waals surface area contributed by atoms with Gasteiger partial charge in [-0.3, -0.25) is 4.79 Å². The zero-order chi connectivity index (χ0) is 15.8. The van der Waals surface area contributed by atoms with E-state index in [1.807, 2.05) is 37.3 Å². The fourth-order valence-electron chi connectivity index (χ4n) is 2.60. The van der Waals surface area contributed by atoms with Crippen molar-refractivity contribution in [1.82, 2.24) is 10.2 Å². The monoisotopic (exact) mass is 304 g/mol. The molecule has 0 saturated carbocycles.